The first-order valence-electron chi connectivity index (χ1n) is 8.83. The van der Waals surface area contributed by atoms with Gasteiger partial charge >= 0.3 is 0 Å². The third kappa shape index (κ3) is 2.97. The normalized spacial score (nSPS) is 20.6. The monoisotopic (exact) mass is 326 g/mol. The molecule has 0 radical (unpaired) electrons. The summed E-state index contributed by atoms with van der Waals surface area (Å²) in [5.74, 6) is 0.422. The Labute approximate surface area is 142 Å². The van der Waals surface area contributed by atoms with E-state index in [-0.39, 0.29) is 11.7 Å². The molecule has 0 spiro atoms. The topological polar surface area (TPSA) is 25.2 Å². The summed E-state index contributed by atoms with van der Waals surface area (Å²) in [6.07, 6.45) is 6.21. The SMILES string of the molecule is Cc1ccc(CC2CCN(C(=O)c3cccn3C3CC3)C2)cc1F. The Bertz CT molecular complexity index is 763. The van der Waals surface area contributed by atoms with Crippen LogP contribution in [0, 0.1) is 18.7 Å². The number of aromatic nitrogens is 1. The van der Waals surface area contributed by atoms with Crippen molar-refractivity contribution >= 4 is 5.91 Å². The molecule has 2 fully saturated rings. The van der Waals surface area contributed by atoms with Gasteiger partial charge in [0, 0.05) is 25.3 Å². The molecule has 0 N–H and O–H groups in total. The molecule has 2 aromatic rings. The number of aryl methyl sites for hydroxylation is 1. The summed E-state index contributed by atoms with van der Waals surface area (Å²) in [6.45, 7) is 3.35. The van der Waals surface area contributed by atoms with E-state index in [4.69, 9.17) is 0 Å². The summed E-state index contributed by atoms with van der Waals surface area (Å²) in [5, 5.41) is 0. The molecule has 0 bridgehead atoms. The summed E-state index contributed by atoms with van der Waals surface area (Å²) in [7, 11) is 0. The predicted octanol–water partition coefficient (Wildman–Crippen LogP) is 3.98. The molecule has 1 saturated carbocycles. The van der Waals surface area contributed by atoms with Crippen LogP contribution in [0.1, 0.15) is 46.9 Å². The van der Waals surface area contributed by atoms with Crippen LogP contribution in [0.4, 0.5) is 4.39 Å². The molecule has 4 heteroatoms. The minimum absolute atomic E-state index is 0.138. The molecule has 1 aliphatic carbocycles. The predicted molar refractivity (Wildman–Crippen MR) is 91.6 cm³/mol. The maximum atomic E-state index is 13.7. The molecular formula is C20H23FN2O. The van der Waals surface area contributed by atoms with Crippen molar-refractivity contribution in [2.75, 3.05) is 13.1 Å². The van der Waals surface area contributed by atoms with Gasteiger partial charge in [0.2, 0.25) is 0 Å². The highest BCUT2D eigenvalue weighted by Gasteiger charge is 2.31. The van der Waals surface area contributed by atoms with Crippen LogP contribution in [0.5, 0.6) is 0 Å². The van der Waals surface area contributed by atoms with E-state index >= 15 is 0 Å². The summed E-state index contributed by atoms with van der Waals surface area (Å²) < 4.78 is 15.8. The van der Waals surface area contributed by atoms with Gasteiger partial charge in [-0.1, -0.05) is 12.1 Å². The lowest BCUT2D eigenvalue weighted by Crippen LogP contribution is -2.30. The smallest absolute Gasteiger partial charge is 0.270 e. The van der Waals surface area contributed by atoms with Crippen LogP contribution in [0.15, 0.2) is 36.5 Å². The van der Waals surface area contributed by atoms with Crippen molar-refractivity contribution in [3.8, 4) is 0 Å². The Hall–Kier alpha value is -2.10. The first-order chi connectivity index (χ1) is 11.6. The van der Waals surface area contributed by atoms with Gasteiger partial charge in [0.25, 0.3) is 5.91 Å². The molecule has 1 unspecified atom stereocenters. The third-order valence-corrected chi connectivity index (χ3v) is 5.27. The molecule has 1 atom stereocenters. The van der Waals surface area contributed by atoms with Gasteiger partial charge in [-0.3, -0.25) is 4.79 Å². The number of carbonyl (C=O) groups is 1. The van der Waals surface area contributed by atoms with Crippen LogP contribution in [-0.4, -0.2) is 28.5 Å². The Morgan fingerprint density at radius 3 is 2.83 bits per heavy atom. The molecule has 4 rings (SSSR count). The molecule has 3 nitrogen and oxygen atoms in total. The largest absolute Gasteiger partial charge is 0.340 e. The highest BCUT2D eigenvalue weighted by atomic mass is 19.1. The average molecular weight is 326 g/mol. The number of nitrogens with zero attached hydrogens (tertiary/aromatic N) is 2. The van der Waals surface area contributed by atoms with Crippen molar-refractivity contribution in [2.45, 2.75) is 38.6 Å². The number of rotatable bonds is 4. The third-order valence-electron chi connectivity index (χ3n) is 5.27. The number of carbonyl (C=O) groups excluding carboxylic acids is 1. The van der Waals surface area contributed by atoms with Crippen molar-refractivity contribution in [3.05, 3.63) is 59.2 Å². The Morgan fingerprint density at radius 1 is 1.25 bits per heavy atom. The maximum absolute atomic E-state index is 13.7. The first kappa shape index (κ1) is 15.4. The van der Waals surface area contributed by atoms with Gasteiger partial charge in [-0.15, -0.1) is 0 Å². The Kier molecular flexibility index (Phi) is 3.91. The van der Waals surface area contributed by atoms with Gasteiger partial charge in [-0.25, -0.2) is 4.39 Å². The summed E-state index contributed by atoms with van der Waals surface area (Å²) in [5.41, 5.74) is 2.53. The van der Waals surface area contributed by atoms with Gasteiger partial charge in [-0.05, 0) is 67.9 Å². The zero-order chi connectivity index (χ0) is 16.7. The summed E-state index contributed by atoms with van der Waals surface area (Å²) in [4.78, 5) is 14.8. The van der Waals surface area contributed by atoms with Crippen molar-refractivity contribution in [2.24, 2.45) is 5.92 Å². The number of amides is 1. The van der Waals surface area contributed by atoms with Gasteiger partial charge in [0.05, 0.1) is 0 Å². The molecule has 126 valence electrons. The molecule has 2 heterocycles. The van der Waals surface area contributed by atoms with Gasteiger partial charge in [-0.2, -0.15) is 0 Å². The molecule has 24 heavy (non-hydrogen) atoms. The van der Waals surface area contributed by atoms with Crippen LogP contribution in [-0.2, 0) is 6.42 Å². The van der Waals surface area contributed by atoms with Crippen molar-refractivity contribution in [1.82, 2.24) is 9.47 Å². The van der Waals surface area contributed by atoms with Gasteiger partial charge in [0.1, 0.15) is 11.5 Å². The molecular weight excluding hydrogens is 303 g/mol. The molecule has 1 amide bonds. The van der Waals surface area contributed by atoms with E-state index < -0.39 is 0 Å². The van der Waals surface area contributed by atoms with Crippen LogP contribution in [0.3, 0.4) is 0 Å². The lowest BCUT2D eigenvalue weighted by atomic mass is 9.98. The fraction of sp³-hybridized carbons (Fsp3) is 0.450. The molecule has 1 aromatic heterocycles. The molecule has 1 saturated heterocycles. The fourth-order valence-corrected chi connectivity index (χ4v) is 3.69. The van der Waals surface area contributed by atoms with Crippen LogP contribution in [0.25, 0.3) is 0 Å². The van der Waals surface area contributed by atoms with Crippen molar-refractivity contribution in [3.63, 3.8) is 0 Å². The van der Waals surface area contributed by atoms with Crippen molar-refractivity contribution in [1.29, 1.82) is 0 Å². The number of benzene rings is 1. The molecule has 1 aromatic carbocycles. The van der Waals surface area contributed by atoms with Crippen LogP contribution in [0.2, 0.25) is 0 Å². The number of likely N-dealkylation sites (tertiary alicyclic amines) is 1. The number of halogens is 1. The van der Waals surface area contributed by atoms with Gasteiger partial charge < -0.3 is 9.47 Å². The Balaban J connectivity index is 1.41. The Morgan fingerprint density at radius 2 is 2.08 bits per heavy atom. The van der Waals surface area contributed by atoms with Crippen LogP contribution < -0.4 is 0 Å². The zero-order valence-corrected chi connectivity index (χ0v) is 14.0. The fourth-order valence-electron chi connectivity index (χ4n) is 3.69. The van der Waals surface area contributed by atoms with E-state index in [1.807, 2.05) is 35.4 Å². The first-order valence-corrected chi connectivity index (χ1v) is 8.83. The number of hydrogen-bond acceptors (Lipinski definition) is 1. The van der Waals surface area contributed by atoms with E-state index in [0.717, 1.165) is 37.2 Å². The second kappa shape index (κ2) is 6.08. The highest BCUT2D eigenvalue weighted by Crippen LogP contribution is 2.36. The molecule has 1 aliphatic heterocycles. The summed E-state index contributed by atoms with van der Waals surface area (Å²) >= 11 is 0. The molecule has 2 aliphatic rings. The minimum atomic E-state index is -0.138. The van der Waals surface area contributed by atoms with E-state index in [1.165, 1.54) is 12.8 Å². The minimum Gasteiger partial charge on any atom is -0.340 e. The maximum Gasteiger partial charge on any atom is 0.270 e. The van der Waals surface area contributed by atoms with Crippen molar-refractivity contribution < 1.29 is 9.18 Å². The summed E-state index contributed by atoms with van der Waals surface area (Å²) in [6, 6.07) is 9.90. The second-order valence-electron chi connectivity index (χ2n) is 7.23. The van der Waals surface area contributed by atoms with E-state index in [1.54, 1.807) is 13.0 Å². The lowest BCUT2D eigenvalue weighted by Gasteiger charge is -2.18. The standard InChI is InChI=1S/C20H23FN2O/c1-14-4-5-15(12-18(14)21)11-16-8-10-22(13-16)20(24)19-3-2-9-23(19)17-6-7-17/h2-5,9,12,16-17H,6-8,10-11,13H2,1H3. The van der Waals surface area contributed by atoms with E-state index in [2.05, 4.69) is 4.57 Å². The highest BCUT2D eigenvalue weighted by molar-refractivity contribution is 5.93. The average Bonchev–Trinajstić information content (AvgIpc) is 3.11. The second-order valence-corrected chi connectivity index (χ2v) is 7.23. The zero-order valence-electron chi connectivity index (χ0n) is 14.0. The number of hydrogen-bond donors (Lipinski definition) is 0. The lowest BCUT2D eigenvalue weighted by molar-refractivity contribution is 0.0776. The van der Waals surface area contributed by atoms with E-state index in [9.17, 15) is 9.18 Å². The van der Waals surface area contributed by atoms with Crippen LogP contribution >= 0.6 is 0 Å². The van der Waals surface area contributed by atoms with E-state index in [0.29, 0.717) is 17.5 Å². The van der Waals surface area contributed by atoms with Gasteiger partial charge in [0.15, 0.2) is 0 Å². The quantitative estimate of drug-likeness (QED) is 0.834.